The van der Waals surface area contributed by atoms with Gasteiger partial charge in [-0.3, -0.25) is 9.59 Å². The molecule has 34 heavy (non-hydrogen) atoms. The van der Waals surface area contributed by atoms with E-state index in [4.69, 9.17) is 13.9 Å². The summed E-state index contributed by atoms with van der Waals surface area (Å²) in [6.45, 7) is 2.09. The van der Waals surface area contributed by atoms with Gasteiger partial charge in [-0.25, -0.2) is 8.42 Å². The normalized spacial score (nSPS) is 21.4. The predicted octanol–water partition coefficient (Wildman–Crippen LogP) is 1.62. The van der Waals surface area contributed by atoms with Crippen LogP contribution in [-0.2, 0) is 14.8 Å². The lowest BCUT2D eigenvalue weighted by atomic mass is 10.0. The third-order valence-electron chi connectivity index (χ3n) is 6.52. The van der Waals surface area contributed by atoms with E-state index in [1.54, 1.807) is 17.0 Å². The van der Waals surface area contributed by atoms with Gasteiger partial charge in [0.1, 0.15) is 25.5 Å². The van der Waals surface area contributed by atoms with Gasteiger partial charge < -0.3 is 24.1 Å². The van der Waals surface area contributed by atoms with Crippen molar-refractivity contribution in [2.45, 2.75) is 42.7 Å². The zero-order valence-corrected chi connectivity index (χ0v) is 19.5. The highest BCUT2D eigenvalue weighted by molar-refractivity contribution is 7.89. The molecule has 2 amide bonds. The quantitative estimate of drug-likeness (QED) is 0.678. The molecule has 1 aromatic carbocycles. The summed E-state index contributed by atoms with van der Waals surface area (Å²) in [4.78, 5) is 27.4. The summed E-state index contributed by atoms with van der Waals surface area (Å²) in [5.41, 5.74) is 0.508. The summed E-state index contributed by atoms with van der Waals surface area (Å²) in [7, 11) is -3.88. The smallest absolute Gasteiger partial charge is 0.257 e. The number of piperidine rings is 1. The summed E-state index contributed by atoms with van der Waals surface area (Å²) >= 11 is 0. The average Bonchev–Trinajstić information content (AvgIpc) is 3.57. The standard InChI is InChI=1S/C23H27N3O7S/c27-22(24-17-5-9-25(10-6-17)23(28)16-7-11-31-15-16)19-2-1-8-26(19)34(29,30)18-3-4-20-21(14-18)33-13-12-32-20/h3-4,7,11,14-15,17,19H,1-2,5-6,8-10,12-13H2,(H,24,27)/t19-/m1/s1. The van der Waals surface area contributed by atoms with Gasteiger partial charge in [0.05, 0.1) is 16.7 Å². The Bertz CT molecular complexity index is 1160. The summed E-state index contributed by atoms with van der Waals surface area (Å²) in [6, 6.07) is 5.30. The average molecular weight is 490 g/mol. The molecule has 4 heterocycles. The number of benzene rings is 1. The maximum absolute atomic E-state index is 13.4. The second-order valence-electron chi connectivity index (χ2n) is 8.67. The Morgan fingerprint density at radius 2 is 1.74 bits per heavy atom. The molecule has 11 heteroatoms. The minimum atomic E-state index is -3.88. The van der Waals surface area contributed by atoms with Crippen LogP contribution in [0.15, 0.2) is 46.1 Å². The van der Waals surface area contributed by atoms with Crippen LogP contribution in [0.3, 0.4) is 0 Å². The largest absolute Gasteiger partial charge is 0.486 e. The van der Waals surface area contributed by atoms with Crippen molar-refractivity contribution >= 4 is 21.8 Å². The van der Waals surface area contributed by atoms with E-state index in [0.29, 0.717) is 69.0 Å². The molecule has 1 aromatic heterocycles. The number of furan rings is 1. The topological polar surface area (TPSA) is 118 Å². The van der Waals surface area contributed by atoms with E-state index in [0.717, 1.165) is 0 Å². The van der Waals surface area contributed by atoms with Crippen molar-refractivity contribution in [2.24, 2.45) is 0 Å². The molecule has 2 saturated heterocycles. The molecule has 3 aliphatic rings. The third-order valence-corrected chi connectivity index (χ3v) is 8.43. The first kappa shape index (κ1) is 22.7. The molecule has 5 rings (SSSR count). The van der Waals surface area contributed by atoms with Crippen molar-refractivity contribution < 1.29 is 31.9 Å². The van der Waals surface area contributed by atoms with Gasteiger partial charge in [-0.05, 0) is 43.9 Å². The monoisotopic (exact) mass is 489 g/mol. The number of ether oxygens (including phenoxy) is 2. The number of fused-ring (bicyclic) bond motifs is 1. The van der Waals surface area contributed by atoms with Crippen LogP contribution < -0.4 is 14.8 Å². The maximum atomic E-state index is 13.4. The molecule has 2 fully saturated rings. The van der Waals surface area contributed by atoms with E-state index in [1.165, 1.54) is 29.0 Å². The zero-order chi connectivity index (χ0) is 23.7. The van der Waals surface area contributed by atoms with Gasteiger partial charge in [-0.1, -0.05) is 0 Å². The highest BCUT2D eigenvalue weighted by atomic mass is 32.2. The molecule has 0 bridgehead atoms. The lowest BCUT2D eigenvalue weighted by molar-refractivity contribution is -0.125. The number of sulfonamides is 1. The lowest BCUT2D eigenvalue weighted by Crippen LogP contribution is -2.52. The number of rotatable bonds is 5. The fourth-order valence-corrected chi connectivity index (χ4v) is 6.37. The number of likely N-dealkylation sites (tertiary alicyclic amines) is 1. The van der Waals surface area contributed by atoms with E-state index in [2.05, 4.69) is 5.32 Å². The molecule has 0 saturated carbocycles. The molecule has 2 aromatic rings. The number of carbonyl (C=O) groups excluding carboxylic acids is 2. The van der Waals surface area contributed by atoms with Crippen LogP contribution >= 0.6 is 0 Å². The highest BCUT2D eigenvalue weighted by Crippen LogP contribution is 2.35. The first-order valence-electron chi connectivity index (χ1n) is 11.5. The van der Waals surface area contributed by atoms with Crippen LogP contribution in [0, 0.1) is 0 Å². The van der Waals surface area contributed by atoms with Crippen molar-refractivity contribution in [1.29, 1.82) is 0 Å². The van der Waals surface area contributed by atoms with E-state index in [1.807, 2.05) is 0 Å². The Morgan fingerprint density at radius 3 is 2.47 bits per heavy atom. The Hall–Kier alpha value is -3.05. The zero-order valence-electron chi connectivity index (χ0n) is 18.6. The minimum absolute atomic E-state index is 0.0857. The van der Waals surface area contributed by atoms with Gasteiger partial charge in [0.2, 0.25) is 15.9 Å². The number of amides is 2. The third kappa shape index (κ3) is 4.37. The Morgan fingerprint density at radius 1 is 0.971 bits per heavy atom. The van der Waals surface area contributed by atoms with E-state index >= 15 is 0 Å². The minimum Gasteiger partial charge on any atom is -0.486 e. The van der Waals surface area contributed by atoms with Crippen LogP contribution in [0.4, 0.5) is 0 Å². The summed E-state index contributed by atoms with van der Waals surface area (Å²) in [6.07, 6.45) is 5.18. The molecule has 0 unspecified atom stereocenters. The molecule has 10 nitrogen and oxygen atoms in total. The molecular weight excluding hydrogens is 462 g/mol. The summed E-state index contributed by atoms with van der Waals surface area (Å²) in [5.74, 6) is 0.520. The molecular formula is C23H27N3O7S. The van der Waals surface area contributed by atoms with Gasteiger partial charge in [0, 0.05) is 31.7 Å². The number of nitrogens with zero attached hydrogens (tertiary/aromatic N) is 2. The van der Waals surface area contributed by atoms with Crippen LogP contribution in [0.5, 0.6) is 11.5 Å². The first-order chi connectivity index (χ1) is 16.4. The number of nitrogens with one attached hydrogen (secondary N) is 1. The molecule has 0 aliphatic carbocycles. The highest BCUT2D eigenvalue weighted by Gasteiger charge is 2.40. The van der Waals surface area contributed by atoms with Crippen LogP contribution in [-0.4, -0.2) is 74.4 Å². The summed E-state index contributed by atoms with van der Waals surface area (Å²) < 4.78 is 44.0. The van der Waals surface area contributed by atoms with Crippen LogP contribution in [0.2, 0.25) is 0 Å². The Labute approximate surface area is 197 Å². The van der Waals surface area contributed by atoms with Crippen molar-refractivity contribution in [3.8, 4) is 11.5 Å². The number of hydrogen-bond acceptors (Lipinski definition) is 7. The van der Waals surface area contributed by atoms with Crippen molar-refractivity contribution in [3.05, 3.63) is 42.4 Å². The molecule has 0 radical (unpaired) electrons. The van der Waals surface area contributed by atoms with Gasteiger partial charge in [-0.2, -0.15) is 4.31 Å². The molecule has 1 N–H and O–H groups in total. The molecule has 0 spiro atoms. The van der Waals surface area contributed by atoms with Gasteiger partial charge in [-0.15, -0.1) is 0 Å². The molecule has 3 aliphatic heterocycles. The second-order valence-corrected chi connectivity index (χ2v) is 10.6. The van der Waals surface area contributed by atoms with Gasteiger partial charge >= 0.3 is 0 Å². The fourth-order valence-electron chi connectivity index (χ4n) is 4.70. The number of carbonyl (C=O) groups is 2. The van der Waals surface area contributed by atoms with Crippen molar-refractivity contribution in [2.75, 3.05) is 32.8 Å². The predicted molar refractivity (Wildman–Crippen MR) is 120 cm³/mol. The molecule has 1 atom stereocenters. The van der Waals surface area contributed by atoms with E-state index in [9.17, 15) is 18.0 Å². The lowest BCUT2D eigenvalue weighted by Gasteiger charge is -2.33. The number of hydrogen-bond donors (Lipinski definition) is 1. The van der Waals surface area contributed by atoms with Gasteiger partial charge in [0.15, 0.2) is 11.5 Å². The van der Waals surface area contributed by atoms with Crippen molar-refractivity contribution in [3.63, 3.8) is 0 Å². The van der Waals surface area contributed by atoms with E-state index in [-0.39, 0.29) is 29.3 Å². The first-order valence-corrected chi connectivity index (χ1v) is 12.9. The van der Waals surface area contributed by atoms with Crippen molar-refractivity contribution in [1.82, 2.24) is 14.5 Å². The second kappa shape index (κ2) is 9.30. The Balaban J connectivity index is 1.22. The summed E-state index contributed by atoms with van der Waals surface area (Å²) in [5, 5.41) is 3.01. The van der Waals surface area contributed by atoms with Crippen LogP contribution in [0.1, 0.15) is 36.0 Å². The van der Waals surface area contributed by atoms with Crippen LogP contribution in [0.25, 0.3) is 0 Å². The SMILES string of the molecule is O=C(NC1CCN(C(=O)c2ccoc2)CC1)[C@H]1CCCN1S(=O)(=O)c1ccc2c(c1)OCCO2. The van der Waals surface area contributed by atoms with Gasteiger partial charge in [0.25, 0.3) is 5.91 Å². The fraction of sp³-hybridized carbons (Fsp3) is 0.478. The molecule has 182 valence electrons. The Kier molecular flexibility index (Phi) is 6.22. The maximum Gasteiger partial charge on any atom is 0.257 e. The van der Waals surface area contributed by atoms with E-state index < -0.39 is 16.1 Å².